The van der Waals surface area contributed by atoms with Crippen LogP contribution >= 0.6 is 35.6 Å². The Morgan fingerprint density at radius 3 is 2.02 bits per heavy atom. The number of aliphatic hydroxyl groups is 1. The molecule has 14 heteroatoms. The van der Waals surface area contributed by atoms with E-state index in [4.69, 9.17) is 33.0 Å². The maximum Gasteiger partial charge on any atom is 0.419 e. The van der Waals surface area contributed by atoms with Gasteiger partial charge in [0.05, 0.1) is 41.7 Å². The van der Waals surface area contributed by atoms with Gasteiger partial charge in [-0.15, -0.1) is 12.4 Å². The van der Waals surface area contributed by atoms with Crippen molar-refractivity contribution in [3.8, 4) is 22.8 Å². The van der Waals surface area contributed by atoms with Crippen LogP contribution in [0.1, 0.15) is 20.8 Å². The number of H-pyrrole nitrogens is 1. The lowest BCUT2D eigenvalue weighted by atomic mass is 10.2. The highest BCUT2D eigenvalue weighted by Gasteiger charge is 2.24. The van der Waals surface area contributed by atoms with Gasteiger partial charge >= 0.3 is 6.09 Å². The lowest BCUT2D eigenvalue weighted by Gasteiger charge is -2.20. The van der Waals surface area contributed by atoms with Crippen molar-refractivity contribution in [3.05, 3.63) is 95.3 Å². The minimum absolute atomic E-state index is 0. The zero-order chi connectivity index (χ0) is 31.3. The summed E-state index contributed by atoms with van der Waals surface area (Å²) in [5, 5.41) is 8.31. The number of nitrogens with one attached hydrogen (secondary N) is 1. The summed E-state index contributed by atoms with van der Waals surface area (Å²) in [6.07, 6.45) is 5.24. The van der Waals surface area contributed by atoms with Gasteiger partial charge < -0.3 is 14.8 Å². The van der Waals surface area contributed by atoms with E-state index in [9.17, 15) is 13.6 Å². The number of fused-ring (bicyclic) bond motifs is 2. The van der Waals surface area contributed by atoms with Crippen LogP contribution in [0.25, 0.3) is 44.6 Å². The van der Waals surface area contributed by atoms with E-state index in [1.54, 1.807) is 51.2 Å². The number of carbonyl (C=O) groups is 1. The molecule has 0 radical (unpaired) electrons. The van der Waals surface area contributed by atoms with Crippen LogP contribution in [0.2, 0.25) is 10.3 Å². The summed E-state index contributed by atoms with van der Waals surface area (Å²) in [5.74, 6) is -0.703. The van der Waals surface area contributed by atoms with E-state index in [2.05, 4.69) is 24.9 Å². The smallest absolute Gasteiger partial charge is 0.419 e. The summed E-state index contributed by atoms with van der Waals surface area (Å²) in [5.41, 5.74) is 2.41. The molecule has 44 heavy (non-hydrogen) atoms. The second kappa shape index (κ2) is 14.5. The van der Waals surface area contributed by atoms with Crippen molar-refractivity contribution in [1.82, 2.24) is 29.5 Å². The number of aromatic nitrogens is 6. The van der Waals surface area contributed by atoms with Gasteiger partial charge in [-0.05, 0) is 57.2 Å². The van der Waals surface area contributed by atoms with Crippen molar-refractivity contribution < 1.29 is 23.4 Å². The van der Waals surface area contributed by atoms with E-state index in [-0.39, 0.29) is 23.4 Å². The monoisotopic (exact) mass is 662 g/mol. The largest absolute Gasteiger partial charge is 0.443 e. The lowest BCUT2D eigenvalue weighted by Crippen LogP contribution is -2.27. The van der Waals surface area contributed by atoms with Gasteiger partial charge in [0.25, 0.3) is 0 Å². The van der Waals surface area contributed by atoms with E-state index < -0.39 is 17.5 Å². The Labute approximate surface area is 267 Å². The molecule has 2 N–H and O–H groups in total. The minimum atomic E-state index is -0.696. The molecular formula is C30H27Cl3F2N6O3. The fraction of sp³-hybridized carbons (Fsp3) is 0.167. The number of ether oxygens (including phenoxy) is 1. The Balaban J connectivity index is 0.000000233. The molecule has 0 aliphatic heterocycles. The van der Waals surface area contributed by atoms with Crippen molar-refractivity contribution in [2.24, 2.45) is 0 Å². The van der Waals surface area contributed by atoms with Gasteiger partial charge in [-0.2, -0.15) is 0 Å². The predicted octanol–water partition coefficient (Wildman–Crippen LogP) is 8.12. The first kappa shape index (κ1) is 34.3. The number of benzene rings is 2. The van der Waals surface area contributed by atoms with Crippen molar-refractivity contribution in [1.29, 1.82) is 0 Å². The first-order chi connectivity index (χ1) is 20.5. The van der Waals surface area contributed by atoms with Gasteiger partial charge in [-0.3, -0.25) is 9.97 Å². The van der Waals surface area contributed by atoms with E-state index in [0.717, 1.165) is 12.6 Å². The van der Waals surface area contributed by atoms with Crippen LogP contribution in [0.5, 0.6) is 0 Å². The third kappa shape index (κ3) is 7.86. The molecule has 9 nitrogen and oxygen atoms in total. The molecule has 0 atom stereocenters. The third-order valence-electron chi connectivity index (χ3n) is 5.73. The molecule has 0 aliphatic rings. The second-order valence-electron chi connectivity index (χ2n) is 9.86. The molecule has 4 aromatic heterocycles. The highest BCUT2D eigenvalue weighted by molar-refractivity contribution is 6.29. The molecule has 0 fully saturated rings. The summed E-state index contributed by atoms with van der Waals surface area (Å²) in [6.45, 7) is 5.28. The number of aromatic amines is 1. The predicted molar refractivity (Wildman–Crippen MR) is 169 cm³/mol. The topological polar surface area (TPSA) is 119 Å². The van der Waals surface area contributed by atoms with Gasteiger partial charge in [-0.1, -0.05) is 35.3 Å². The number of halogens is 5. The molecule has 0 saturated carbocycles. The van der Waals surface area contributed by atoms with E-state index >= 15 is 0 Å². The maximum absolute atomic E-state index is 14.1. The molecule has 0 amide bonds. The Kier molecular flexibility index (Phi) is 11.3. The van der Waals surface area contributed by atoms with E-state index in [1.807, 2.05) is 0 Å². The molecule has 4 heterocycles. The Hall–Kier alpha value is -4.16. The third-order valence-corrected chi connectivity index (χ3v) is 6.09. The Morgan fingerprint density at radius 2 is 1.43 bits per heavy atom. The molecule has 0 bridgehead atoms. The first-order valence-electron chi connectivity index (χ1n) is 12.7. The summed E-state index contributed by atoms with van der Waals surface area (Å²) >= 11 is 11.7. The lowest BCUT2D eigenvalue weighted by molar-refractivity contribution is 0.0547. The van der Waals surface area contributed by atoms with Crippen LogP contribution in [-0.2, 0) is 4.74 Å². The van der Waals surface area contributed by atoms with Gasteiger partial charge in [0.1, 0.15) is 38.9 Å². The molecule has 6 aromatic rings. The average molecular weight is 664 g/mol. The maximum atomic E-state index is 14.1. The SMILES string of the molecule is CC(C)(C)OC(=O)n1c(-c2cncc(Cl)n2)cc2c(F)cccc21.CO.Cl.Fc1cccc2[nH]c(-c3cncc(Cl)n3)cc12. The van der Waals surface area contributed by atoms with Gasteiger partial charge in [0.15, 0.2) is 0 Å². The number of hydrogen-bond acceptors (Lipinski definition) is 7. The minimum Gasteiger partial charge on any atom is -0.443 e. The van der Waals surface area contributed by atoms with Crippen molar-refractivity contribution in [2.75, 3.05) is 7.11 Å². The van der Waals surface area contributed by atoms with E-state index in [0.29, 0.717) is 44.2 Å². The highest BCUT2D eigenvalue weighted by Crippen LogP contribution is 2.30. The first-order valence-corrected chi connectivity index (χ1v) is 13.5. The Bertz CT molecular complexity index is 1910. The zero-order valence-electron chi connectivity index (χ0n) is 23.8. The van der Waals surface area contributed by atoms with Crippen LogP contribution in [-0.4, -0.2) is 53.4 Å². The number of rotatable bonds is 2. The molecule has 0 aliphatic carbocycles. The van der Waals surface area contributed by atoms with Crippen molar-refractivity contribution in [3.63, 3.8) is 0 Å². The molecular weight excluding hydrogens is 637 g/mol. The van der Waals surface area contributed by atoms with Crippen LogP contribution < -0.4 is 0 Å². The van der Waals surface area contributed by atoms with Gasteiger partial charge in [0, 0.05) is 23.4 Å². The van der Waals surface area contributed by atoms with E-state index in [1.165, 1.54) is 47.4 Å². The van der Waals surface area contributed by atoms with Crippen LogP contribution in [0, 0.1) is 11.6 Å². The standard InChI is InChI=1S/C17H15ClFN3O2.C12H7ClFN3.CH4O.ClH/c1-17(2,3)24-16(23)22-13-6-4-5-11(19)10(13)7-14(22)12-8-20-9-15(18)21-12;13-12-6-15-5-11(17-12)10-4-7-8(14)2-1-3-9(7)16-10;1-2;/h4-9H,1-3H3;1-6,16H;2H,1H3;1H. The fourth-order valence-corrected chi connectivity index (χ4v) is 4.38. The van der Waals surface area contributed by atoms with Crippen molar-refractivity contribution >= 4 is 63.5 Å². The summed E-state index contributed by atoms with van der Waals surface area (Å²) < 4.78 is 34.4. The summed E-state index contributed by atoms with van der Waals surface area (Å²) in [7, 11) is 1.00. The summed E-state index contributed by atoms with van der Waals surface area (Å²) in [6, 6.07) is 12.6. The fourth-order valence-electron chi connectivity index (χ4n) is 4.08. The van der Waals surface area contributed by atoms with Crippen molar-refractivity contribution in [2.45, 2.75) is 26.4 Å². The molecule has 0 saturated heterocycles. The van der Waals surface area contributed by atoms with Gasteiger partial charge in [-0.25, -0.2) is 28.1 Å². The number of nitrogens with zero attached hydrogens (tertiary/aromatic N) is 5. The van der Waals surface area contributed by atoms with Crippen LogP contribution in [0.15, 0.2) is 73.3 Å². The molecule has 2 aromatic carbocycles. The average Bonchev–Trinajstić information content (AvgIpc) is 3.58. The molecule has 6 rings (SSSR count). The number of hydrogen-bond donors (Lipinski definition) is 2. The zero-order valence-corrected chi connectivity index (χ0v) is 26.2. The normalized spacial score (nSPS) is 10.8. The molecule has 0 spiro atoms. The van der Waals surface area contributed by atoms with Gasteiger partial charge in [0.2, 0.25) is 0 Å². The number of carbonyl (C=O) groups excluding carboxylic acids is 1. The second-order valence-corrected chi connectivity index (χ2v) is 10.6. The molecule has 0 unspecified atom stereocenters. The Morgan fingerprint density at radius 1 is 0.864 bits per heavy atom. The molecule has 230 valence electrons. The summed E-state index contributed by atoms with van der Waals surface area (Å²) in [4.78, 5) is 31.9. The quantitative estimate of drug-likeness (QED) is 0.192. The van der Waals surface area contributed by atoms with Crippen LogP contribution in [0.3, 0.4) is 0 Å². The van der Waals surface area contributed by atoms with Crippen LogP contribution in [0.4, 0.5) is 13.6 Å². The highest BCUT2D eigenvalue weighted by atomic mass is 35.5. The number of aliphatic hydroxyl groups excluding tert-OH is 1.